The van der Waals surface area contributed by atoms with Gasteiger partial charge in [0, 0.05) is 19.6 Å². The first-order valence-corrected chi connectivity index (χ1v) is 9.32. The molecule has 0 saturated carbocycles. The normalized spacial score (nSPS) is 18.2. The van der Waals surface area contributed by atoms with Crippen LogP contribution in [-0.2, 0) is 22.7 Å². The second kappa shape index (κ2) is 12.3. The number of carbonyl (C=O) groups is 1. The smallest absolute Gasteiger partial charge is 0.220 e. The number of nitrogens with one attached hydrogen (secondary N) is 2. The fraction of sp³-hybridized carbons (Fsp3) is 0.650. The molecular weight excluding hydrogens is 336 g/mol. The van der Waals surface area contributed by atoms with Gasteiger partial charge in [-0.05, 0) is 55.3 Å². The van der Waals surface area contributed by atoms with Crippen molar-refractivity contribution >= 4 is 18.3 Å². The Morgan fingerprint density at radius 1 is 1.36 bits per heavy atom. The lowest BCUT2D eigenvalue weighted by molar-refractivity contribution is -0.122. The van der Waals surface area contributed by atoms with Gasteiger partial charge in [-0.1, -0.05) is 38.1 Å². The quantitative estimate of drug-likeness (QED) is 0.654. The van der Waals surface area contributed by atoms with Crippen molar-refractivity contribution < 1.29 is 9.53 Å². The van der Waals surface area contributed by atoms with Crippen molar-refractivity contribution in [3.63, 3.8) is 0 Å². The van der Waals surface area contributed by atoms with Crippen molar-refractivity contribution in [2.75, 3.05) is 19.7 Å². The molecule has 2 atom stereocenters. The number of hydrogen-bond acceptors (Lipinski definition) is 3. The first kappa shape index (κ1) is 21.9. The van der Waals surface area contributed by atoms with Crippen molar-refractivity contribution in [1.82, 2.24) is 10.6 Å². The highest BCUT2D eigenvalue weighted by molar-refractivity contribution is 5.85. The van der Waals surface area contributed by atoms with Crippen LogP contribution in [0.2, 0.25) is 0 Å². The number of benzene rings is 1. The summed E-state index contributed by atoms with van der Waals surface area (Å²) in [5.41, 5.74) is 2.31. The molecule has 0 bridgehead atoms. The lowest BCUT2D eigenvalue weighted by Gasteiger charge is -2.28. The minimum Gasteiger partial charge on any atom is -0.377 e. The second-order valence-corrected chi connectivity index (χ2v) is 6.89. The molecule has 0 spiro atoms. The average molecular weight is 369 g/mol. The molecule has 1 aromatic carbocycles. The molecule has 25 heavy (non-hydrogen) atoms. The number of hydrogen-bond donors (Lipinski definition) is 2. The molecule has 1 amide bonds. The highest BCUT2D eigenvalue weighted by Gasteiger charge is 2.21. The number of piperidine rings is 1. The molecule has 2 N–H and O–H groups in total. The van der Waals surface area contributed by atoms with Gasteiger partial charge in [0.15, 0.2) is 0 Å². The van der Waals surface area contributed by atoms with E-state index in [4.69, 9.17) is 4.74 Å². The molecule has 1 aliphatic heterocycles. The summed E-state index contributed by atoms with van der Waals surface area (Å²) in [6.07, 6.45) is 4.09. The molecule has 2 rings (SSSR count). The fourth-order valence-corrected chi connectivity index (χ4v) is 3.29. The third-order valence-electron chi connectivity index (χ3n) is 4.85. The van der Waals surface area contributed by atoms with Gasteiger partial charge in [0.2, 0.25) is 5.91 Å². The van der Waals surface area contributed by atoms with Crippen LogP contribution in [0.5, 0.6) is 0 Å². The molecule has 2 unspecified atom stereocenters. The summed E-state index contributed by atoms with van der Waals surface area (Å²) in [5, 5.41) is 6.52. The summed E-state index contributed by atoms with van der Waals surface area (Å²) >= 11 is 0. The molecule has 142 valence electrons. The van der Waals surface area contributed by atoms with Crippen molar-refractivity contribution in [3.8, 4) is 0 Å². The summed E-state index contributed by atoms with van der Waals surface area (Å²) in [6, 6.07) is 8.18. The summed E-state index contributed by atoms with van der Waals surface area (Å²) in [4.78, 5) is 12.3. The van der Waals surface area contributed by atoms with Gasteiger partial charge in [-0.2, -0.15) is 0 Å². The number of amides is 1. The largest absolute Gasteiger partial charge is 0.377 e. The predicted molar refractivity (Wildman–Crippen MR) is 105 cm³/mol. The van der Waals surface area contributed by atoms with E-state index in [9.17, 15) is 4.79 Å². The van der Waals surface area contributed by atoms with Crippen LogP contribution in [0.1, 0.15) is 50.7 Å². The van der Waals surface area contributed by atoms with Gasteiger partial charge in [0.25, 0.3) is 0 Å². The molecule has 0 aromatic heterocycles. The Morgan fingerprint density at radius 3 is 2.80 bits per heavy atom. The van der Waals surface area contributed by atoms with E-state index in [-0.39, 0.29) is 18.3 Å². The molecule has 1 fully saturated rings. The van der Waals surface area contributed by atoms with Gasteiger partial charge in [0.05, 0.1) is 6.61 Å². The minimum absolute atomic E-state index is 0. The van der Waals surface area contributed by atoms with Crippen molar-refractivity contribution in [2.45, 2.75) is 52.7 Å². The zero-order valence-electron chi connectivity index (χ0n) is 15.6. The molecule has 1 saturated heterocycles. The number of ether oxygens (including phenoxy) is 1. The lowest BCUT2D eigenvalue weighted by Crippen LogP contribution is -2.35. The van der Waals surface area contributed by atoms with E-state index in [2.05, 4.69) is 36.6 Å². The van der Waals surface area contributed by atoms with E-state index in [1.807, 2.05) is 12.1 Å². The average Bonchev–Trinajstić information content (AvgIpc) is 2.62. The Labute approximate surface area is 158 Å². The minimum atomic E-state index is 0. The van der Waals surface area contributed by atoms with Gasteiger partial charge in [-0.25, -0.2) is 0 Å². The maximum atomic E-state index is 12.3. The summed E-state index contributed by atoms with van der Waals surface area (Å²) in [6.45, 7) is 8.44. The third kappa shape index (κ3) is 7.76. The van der Waals surface area contributed by atoms with E-state index in [1.54, 1.807) is 0 Å². The van der Waals surface area contributed by atoms with Crippen LogP contribution in [0.3, 0.4) is 0 Å². The Balaban J connectivity index is 0.00000312. The Kier molecular flexibility index (Phi) is 10.8. The highest BCUT2D eigenvalue weighted by Crippen LogP contribution is 2.22. The van der Waals surface area contributed by atoms with Gasteiger partial charge in [-0.3, -0.25) is 4.79 Å². The molecule has 5 heteroatoms. The summed E-state index contributed by atoms with van der Waals surface area (Å²) in [7, 11) is 0. The van der Waals surface area contributed by atoms with Crippen molar-refractivity contribution in [3.05, 3.63) is 35.4 Å². The van der Waals surface area contributed by atoms with Crippen LogP contribution < -0.4 is 10.6 Å². The molecule has 4 nitrogen and oxygen atoms in total. The van der Waals surface area contributed by atoms with Crippen LogP contribution >= 0.6 is 12.4 Å². The predicted octanol–water partition coefficient (Wildman–Crippen LogP) is 3.68. The molecular formula is C20H33ClN2O2. The van der Waals surface area contributed by atoms with Crippen LogP contribution in [0.15, 0.2) is 24.3 Å². The SMILES string of the molecule is CCCOCc1ccccc1CNC(=O)CC(C)C1CCCNC1.Cl. The van der Waals surface area contributed by atoms with Gasteiger partial charge in [-0.15, -0.1) is 12.4 Å². The van der Waals surface area contributed by atoms with E-state index < -0.39 is 0 Å². The van der Waals surface area contributed by atoms with Gasteiger partial charge >= 0.3 is 0 Å². The number of rotatable bonds is 9. The number of halogens is 1. The van der Waals surface area contributed by atoms with E-state index >= 15 is 0 Å². The summed E-state index contributed by atoms with van der Waals surface area (Å²) < 4.78 is 5.64. The lowest BCUT2D eigenvalue weighted by atomic mass is 9.85. The van der Waals surface area contributed by atoms with Crippen LogP contribution in [0, 0.1) is 11.8 Å². The van der Waals surface area contributed by atoms with Crippen LogP contribution in [0.4, 0.5) is 0 Å². The van der Waals surface area contributed by atoms with Crippen LogP contribution in [0.25, 0.3) is 0 Å². The maximum Gasteiger partial charge on any atom is 0.220 e. The van der Waals surface area contributed by atoms with E-state index in [0.717, 1.165) is 37.2 Å². The zero-order chi connectivity index (χ0) is 17.2. The molecule has 0 radical (unpaired) electrons. The van der Waals surface area contributed by atoms with Crippen molar-refractivity contribution in [2.24, 2.45) is 11.8 Å². The van der Waals surface area contributed by atoms with Crippen molar-refractivity contribution in [1.29, 1.82) is 0 Å². The fourth-order valence-electron chi connectivity index (χ4n) is 3.29. The molecule has 1 heterocycles. The molecule has 1 aliphatic rings. The highest BCUT2D eigenvalue weighted by atomic mass is 35.5. The van der Waals surface area contributed by atoms with Gasteiger partial charge < -0.3 is 15.4 Å². The third-order valence-corrected chi connectivity index (χ3v) is 4.85. The molecule has 0 aliphatic carbocycles. The monoisotopic (exact) mass is 368 g/mol. The Morgan fingerprint density at radius 2 is 2.12 bits per heavy atom. The first-order chi connectivity index (χ1) is 11.7. The topological polar surface area (TPSA) is 50.4 Å². The number of carbonyl (C=O) groups excluding carboxylic acids is 1. The van der Waals surface area contributed by atoms with Gasteiger partial charge in [0.1, 0.15) is 0 Å². The first-order valence-electron chi connectivity index (χ1n) is 9.32. The molecule has 1 aromatic rings. The van der Waals surface area contributed by atoms with E-state index in [1.165, 1.54) is 12.8 Å². The Hall–Kier alpha value is -1.10. The summed E-state index contributed by atoms with van der Waals surface area (Å²) in [5.74, 6) is 1.21. The zero-order valence-corrected chi connectivity index (χ0v) is 16.4. The Bertz CT molecular complexity index is 504. The maximum absolute atomic E-state index is 12.3. The van der Waals surface area contributed by atoms with Crippen LogP contribution in [-0.4, -0.2) is 25.6 Å². The van der Waals surface area contributed by atoms with E-state index in [0.29, 0.717) is 31.4 Å². The second-order valence-electron chi connectivity index (χ2n) is 6.89. The standard InChI is InChI=1S/C20H32N2O2.ClH/c1-3-11-24-15-19-8-5-4-7-18(19)14-22-20(23)12-16(2)17-9-6-10-21-13-17;/h4-5,7-8,16-17,21H,3,6,9-15H2,1-2H3,(H,22,23);1H.